The number of nitrogens with zero attached hydrogens (tertiary/aromatic N) is 1. The van der Waals surface area contributed by atoms with Crippen molar-refractivity contribution in [3.63, 3.8) is 0 Å². The molecule has 24 heavy (non-hydrogen) atoms. The van der Waals surface area contributed by atoms with Gasteiger partial charge in [0.25, 0.3) is 0 Å². The van der Waals surface area contributed by atoms with E-state index in [4.69, 9.17) is 11.6 Å². The molecular weight excluding hydrogens is 459 g/mol. The SMILES string of the molecule is O=C(CCl)NCC(O)Cn1c2ccc(Br)cc2c2cc(Br)ccc21. The van der Waals surface area contributed by atoms with E-state index in [1.807, 2.05) is 24.3 Å². The Morgan fingerprint density at radius 1 is 1.12 bits per heavy atom. The molecule has 0 radical (unpaired) electrons. The summed E-state index contributed by atoms with van der Waals surface area (Å²) in [6, 6.07) is 12.2. The number of fused-ring (bicyclic) bond motifs is 3. The van der Waals surface area contributed by atoms with Crippen LogP contribution in [0.1, 0.15) is 0 Å². The van der Waals surface area contributed by atoms with Gasteiger partial charge in [0.05, 0.1) is 12.6 Å². The topological polar surface area (TPSA) is 54.3 Å². The highest BCUT2D eigenvalue weighted by Crippen LogP contribution is 2.33. The fourth-order valence-corrected chi connectivity index (χ4v) is 3.62. The summed E-state index contributed by atoms with van der Waals surface area (Å²) < 4.78 is 4.08. The monoisotopic (exact) mass is 472 g/mol. The number of halogens is 3. The molecule has 0 saturated heterocycles. The van der Waals surface area contributed by atoms with Gasteiger partial charge < -0.3 is 15.0 Å². The van der Waals surface area contributed by atoms with Crippen LogP contribution in [0.25, 0.3) is 21.8 Å². The van der Waals surface area contributed by atoms with Gasteiger partial charge in [-0.3, -0.25) is 4.79 Å². The Labute approximate surface area is 161 Å². The molecule has 0 aliphatic heterocycles. The molecule has 0 spiro atoms. The van der Waals surface area contributed by atoms with E-state index in [1.165, 1.54) is 0 Å². The Morgan fingerprint density at radius 2 is 1.67 bits per heavy atom. The minimum Gasteiger partial charge on any atom is -0.389 e. The van der Waals surface area contributed by atoms with Gasteiger partial charge in [-0.05, 0) is 36.4 Å². The minimum atomic E-state index is -0.705. The molecule has 0 bridgehead atoms. The zero-order valence-corrected chi connectivity index (χ0v) is 16.5. The van der Waals surface area contributed by atoms with Gasteiger partial charge in [0.2, 0.25) is 5.91 Å². The quantitative estimate of drug-likeness (QED) is 0.549. The standard InChI is InChI=1S/C17H15Br2ClN2O2/c18-10-1-3-15-13(5-10)14-6-11(19)2-4-16(14)22(15)9-12(23)8-21-17(24)7-20/h1-6,12,23H,7-9H2,(H,21,24). The molecule has 1 amide bonds. The van der Waals surface area contributed by atoms with E-state index in [9.17, 15) is 9.90 Å². The van der Waals surface area contributed by atoms with E-state index in [0.717, 1.165) is 30.8 Å². The first kappa shape index (κ1) is 17.7. The van der Waals surface area contributed by atoms with Crippen LogP contribution in [0.5, 0.6) is 0 Å². The first-order valence-corrected chi connectivity index (χ1v) is 9.49. The van der Waals surface area contributed by atoms with Crippen LogP contribution in [0.2, 0.25) is 0 Å². The second kappa shape index (κ2) is 7.44. The average Bonchev–Trinajstić information content (AvgIpc) is 2.85. The highest BCUT2D eigenvalue weighted by molar-refractivity contribution is 9.10. The number of carbonyl (C=O) groups excluding carboxylic acids is 1. The molecule has 3 rings (SSSR count). The van der Waals surface area contributed by atoms with Crippen molar-refractivity contribution in [1.82, 2.24) is 9.88 Å². The first-order valence-electron chi connectivity index (χ1n) is 7.37. The van der Waals surface area contributed by atoms with E-state index in [2.05, 4.69) is 53.9 Å². The van der Waals surface area contributed by atoms with Crippen molar-refractivity contribution in [3.05, 3.63) is 45.3 Å². The summed E-state index contributed by atoms with van der Waals surface area (Å²) in [7, 11) is 0. The molecule has 0 saturated carbocycles. The summed E-state index contributed by atoms with van der Waals surface area (Å²) in [6.07, 6.45) is -0.705. The van der Waals surface area contributed by atoms with Gasteiger partial charge in [-0.25, -0.2) is 0 Å². The lowest BCUT2D eigenvalue weighted by molar-refractivity contribution is -0.119. The first-order chi connectivity index (χ1) is 11.5. The van der Waals surface area contributed by atoms with Crippen LogP contribution in [0.3, 0.4) is 0 Å². The molecule has 0 aliphatic rings. The number of amides is 1. The molecule has 1 heterocycles. The van der Waals surface area contributed by atoms with Crippen molar-refractivity contribution in [2.24, 2.45) is 0 Å². The van der Waals surface area contributed by atoms with Crippen LogP contribution in [0, 0.1) is 0 Å². The van der Waals surface area contributed by atoms with Gasteiger partial charge in [0.15, 0.2) is 0 Å². The Kier molecular flexibility index (Phi) is 5.49. The lowest BCUT2D eigenvalue weighted by Gasteiger charge is -2.14. The molecular formula is C17H15Br2ClN2O2. The highest BCUT2D eigenvalue weighted by Gasteiger charge is 2.15. The van der Waals surface area contributed by atoms with Crippen LogP contribution in [-0.4, -0.2) is 34.1 Å². The van der Waals surface area contributed by atoms with Crippen LogP contribution in [-0.2, 0) is 11.3 Å². The van der Waals surface area contributed by atoms with E-state index in [1.54, 1.807) is 0 Å². The molecule has 1 aromatic heterocycles. The van der Waals surface area contributed by atoms with E-state index in [0.29, 0.717) is 6.54 Å². The predicted octanol–water partition coefficient (Wildman–Crippen LogP) is 4.04. The van der Waals surface area contributed by atoms with Gasteiger partial charge >= 0.3 is 0 Å². The van der Waals surface area contributed by atoms with E-state index in [-0.39, 0.29) is 18.3 Å². The fraction of sp³-hybridized carbons (Fsp3) is 0.235. The molecule has 7 heteroatoms. The number of hydrogen-bond acceptors (Lipinski definition) is 2. The summed E-state index contributed by atoms with van der Waals surface area (Å²) in [6.45, 7) is 0.547. The second-order valence-electron chi connectivity index (χ2n) is 5.53. The molecule has 126 valence electrons. The predicted molar refractivity (Wildman–Crippen MR) is 105 cm³/mol. The van der Waals surface area contributed by atoms with Crippen molar-refractivity contribution in [2.75, 3.05) is 12.4 Å². The number of carbonyl (C=O) groups is 1. The van der Waals surface area contributed by atoms with Gasteiger partial charge in [0.1, 0.15) is 5.88 Å². The van der Waals surface area contributed by atoms with Crippen LogP contribution < -0.4 is 5.32 Å². The van der Waals surface area contributed by atoms with Gasteiger partial charge in [-0.2, -0.15) is 0 Å². The normalized spacial score (nSPS) is 12.7. The van der Waals surface area contributed by atoms with Crippen molar-refractivity contribution < 1.29 is 9.90 Å². The summed E-state index contributed by atoms with van der Waals surface area (Å²) in [5.74, 6) is -0.393. The third-order valence-corrected chi connectivity index (χ3v) is 5.07. The van der Waals surface area contributed by atoms with E-state index >= 15 is 0 Å². The third-order valence-electron chi connectivity index (χ3n) is 3.84. The lowest BCUT2D eigenvalue weighted by Crippen LogP contribution is -2.34. The Morgan fingerprint density at radius 3 is 2.17 bits per heavy atom. The Hall–Kier alpha value is -1.08. The largest absolute Gasteiger partial charge is 0.389 e. The number of hydrogen-bond donors (Lipinski definition) is 2. The number of aromatic nitrogens is 1. The Bertz CT molecular complexity index is 851. The van der Waals surface area contributed by atoms with Gasteiger partial charge in [0, 0.05) is 37.3 Å². The molecule has 2 aromatic carbocycles. The van der Waals surface area contributed by atoms with E-state index < -0.39 is 6.10 Å². The molecule has 2 N–H and O–H groups in total. The fourth-order valence-electron chi connectivity index (χ4n) is 2.80. The summed E-state index contributed by atoms with van der Waals surface area (Å²) in [5, 5.41) is 15.1. The molecule has 1 atom stereocenters. The zero-order chi connectivity index (χ0) is 17.3. The van der Waals surface area contributed by atoms with Gasteiger partial charge in [-0.15, -0.1) is 11.6 Å². The number of benzene rings is 2. The maximum atomic E-state index is 11.2. The molecule has 0 fully saturated rings. The summed E-state index contributed by atoms with van der Waals surface area (Å²) >= 11 is 12.5. The number of aliphatic hydroxyl groups is 1. The maximum Gasteiger partial charge on any atom is 0.235 e. The zero-order valence-electron chi connectivity index (χ0n) is 12.6. The average molecular weight is 475 g/mol. The number of nitrogens with one attached hydrogen (secondary N) is 1. The van der Waals surface area contributed by atoms with Crippen molar-refractivity contribution in [3.8, 4) is 0 Å². The molecule has 0 aliphatic carbocycles. The summed E-state index contributed by atoms with van der Waals surface area (Å²) in [4.78, 5) is 11.2. The number of aliphatic hydroxyl groups excluding tert-OH is 1. The molecule has 3 aromatic rings. The van der Waals surface area contributed by atoms with Crippen LogP contribution >= 0.6 is 43.5 Å². The van der Waals surface area contributed by atoms with Crippen molar-refractivity contribution in [2.45, 2.75) is 12.6 Å². The maximum absolute atomic E-state index is 11.2. The minimum absolute atomic E-state index is 0.107. The van der Waals surface area contributed by atoms with Crippen LogP contribution in [0.4, 0.5) is 0 Å². The summed E-state index contributed by atoms with van der Waals surface area (Å²) in [5.41, 5.74) is 2.07. The highest BCUT2D eigenvalue weighted by atomic mass is 79.9. The Balaban J connectivity index is 2.01. The third kappa shape index (κ3) is 3.61. The molecule has 1 unspecified atom stereocenters. The number of rotatable bonds is 5. The van der Waals surface area contributed by atoms with Crippen LogP contribution in [0.15, 0.2) is 45.3 Å². The van der Waals surface area contributed by atoms with Gasteiger partial charge in [-0.1, -0.05) is 31.9 Å². The lowest BCUT2D eigenvalue weighted by atomic mass is 10.2. The van der Waals surface area contributed by atoms with Crippen molar-refractivity contribution >= 4 is 71.2 Å². The molecule has 4 nitrogen and oxygen atoms in total. The smallest absolute Gasteiger partial charge is 0.235 e. The van der Waals surface area contributed by atoms with Crippen molar-refractivity contribution in [1.29, 1.82) is 0 Å². The number of alkyl halides is 1. The second-order valence-corrected chi connectivity index (χ2v) is 7.62.